The average Bonchev–Trinajstić information content (AvgIpc) is 3.03. The largest absolute Gasteiger partial charge is 0.486 e. The van der Waals surface area contributed by atoms with Crippen LogP contribution in [0.5, 0.6) is 11.5 Å². The Balaban J connectivity index is 0.00000196. The zero-order chi connectivity index (χ0) is 17.4. The van der Waals surface area contributed by atoms with E-state index < -0.39 is 0 Å². The highest BCUT2D eigenvalue weighted by Crippen LogP contribution is 2.36. The van der Waals surface area contributed by atoms with Crippen molar-refractivity contribution < 1.29 is 19.1 Å². The molecule has 0 bridgehead atoms. The molecule has 3 aliphatic rings. The van der Waals surface area contributed by atoms with E-state index in [0.717, 1.165) is 18.8 Å². The standard InChI is InChI=1S/C18H23N3O4.ClH/c1-12-10-19-4-5-20(12)18(23)13-8-17(22)21(11-13)14-2-3-15-16(9-14)25-7-6-24-15;/h2-3,9,12-13,19H,4-8,10-11H2,1H3;1H. The summed E-state index contributed by atoms with van der Waals surface area (Å²) in [5, 5.41) is 3.29. The lowest BCUT2D eigenvalue weighted by Gasteiger charge is -2.35. The van der Waals surface area contributed by atoms with Crippen molar-refractivity contribution in [2.45, 2.75) is 19.4 Å². The summed E-state index contributed by atoms with van der Waals surface area (Å²) < 4.78 is 11.1. The predicted octanol–water partition coefficient (Wildman–Crippen LogP) is 1.05. The first kappa shape index (κ1) is 18.8. The maximum Gasteiger partial charge on any atom is 0.228 e. The van der Waals surface area contributed by atoms with Crippen molar-refractivity contribution in [1.29, 1.82) is 0 Å². The van der Waals surface area contributed by atoms with Crippen molar-refractivity contribution in [2.24, 2.45) is 5.92 Å². The maximum atomic E-state index is 12.8. The number of anilines is 1. The lowest BCUT2D eigenvalue weighted by atomic mass is 10.1. The van der Waals surface area contributed by atoms with Gasteiger partial charge in [-0.3, -0.25) is 9.59 Å². The molecule has 0 radical (unpaired) electrons. The summed E-state index contributed by atoms with van der Waals surface area (Å²) in [6, 6.07) is 5.67. The number of fused-ring (bicyclic) bond motifs is 1. The Bertz CT molecular complexity index is 699. The van der Waals surface area contributed by atoms with Crippen LogP contribution in [-0.4, -0.2) is 62.1 Å². The first-order valence-corrected chi connectivity index (χ1v) is 8.84. The summed E-state index contributed by atoms with van der Waals surface area (Å²) in [7, 11) is 0. The molecule has 1 aromatic rings. The van der Waals surface area contributed by atoms with Gasteiger partial charge in [0.25, 0.3) is 0 Å². The third-order valence-corrected chi connectivity index (χ3v) is 5.10. The van der Waals surface area contributed by atoms with Crippen LogP contribution in [0.15, 0.2) is 18.2 Å². The first-order valence-electron chi connectivity index (χ1n) is 8.84. The number of carbonyl (C=O) groups is 2. The number of carbonyl (C=O) groups excluding carboxylic acids is 2. The number of nitrogens with zero attached hydrogens (tertiary/aromatic N) is 2. The number of nitrogens with one attached hydrogen (secondary N) is 1. The molecule has 2 fully saturated rings. The summed E-state index contributed by atoms with van der Waals surface area (Å²) in [5.41, 5.74) is 0.762. The molecule has 1 N–H and O–H groups in total. The third-order valence-electron chi connectivity index (χ3n) is 5.10. The minimum atomic E-state index is -0.277. The smallest absolute Gasteiger partial charge is 0.228 e. The highest BCUT2D eigenvalue weighted by Gasteiger charge is 2.39. The number of hydrogen-bond acceptors (Lipinski definition) is 5. The zero-order valence-electron chi connectivity index (χ0n) is 14.8. The fourth-order valence-electron chi connectivity index (χ4n) is 3.73. The van der Waals surface area contributed by atoms with Gasteiger partial charge < -0.3 is 24.6 Å². The second kappa shape index (κ2) is 7.72. The molecule has 4 rings (SSSR count). The van der Waals surface area contributed by atoms with Gasteiger partial charge in [0.2, 0.25) is 11.8 Å². The van der Waals surface area contributed by atoms with Gasteiger partial charge in [-0.15, -0.1) is 12.4 Å². The van der Waals surface area contributed by atoms with E-state index >= 15 is 0 Å². The van der Waals surface area contributed by atoms with Crippen molar-refractivity contribution in [1.82, 2.24) is 10.2 Å². The number of ether oxygens (including phenoxy) is 2. The summed E-state index contributed by atoms with van der Waals surface area (Å²) >= 11 is 0. The van der Waals surface area contributed by atoms with E-state index in [-0.39, 0.29) is 42.6 Å². The molecule has 2 unspecified atom stereocenters. The lowest BCUT2D eigenvalue weighted by Crippen LogP contribution is -2.54. The molecule has 7 nitrogen and oxygen atoms in total. The van der Waals surface area contributed by atoms with Crippen LogP contribution >= 0.6 is 12.4 Å². The SMILES string of the molecule is CC1CNCCN1C(=O)C1CC(=O)N(c2ccc3c(c2)OCCO3)C1.Cl. The van der Waals surface area contributed by atoms with Crippen LogP contribution in [0.4, 0.5) is 5.69 Å². The summed E-state index contributed by atoms with van der Waals surface area (Å²) in [6.45, 7) is 5.82. The molecule has 0 aromatic heterocycles. The number of halogens is 1. The van der Waals surface area contributed by atoms with Gasteiger partial charge in [0.05, 0.1) is 5.92 Å². The molecule has 26 heavy (non-hydrogen) atoms. The molecule has 0 saturated carbocycles. The average molecular weight is 382 g/mol. The molecule has 142 valence electrons. The molecular formula is C18H24ClN3O4. The Morgan fingerprint density at radius 1 is 1.23 bits per heavy atom. The molecule has 3 heterocycles. The van der Waals surface area contributed by atoms with E-state index in [1.807, 2.05) is 30.0 Å². The number of amides is 2. The highest BCUT2D eigenvalue weighted by molar-refractivity contribution is 6.00. The Morgan fingerprint density at radius 2 is 2.00 bits per heavy atom. The van der Waals surface area contributed by atoms with E-state index in [9.17, 15) is 9.59 Å². The van der Waals surface area contributed by atoms with Crippen LogP contribution in [0, 0.1) is 5.92 Å². The van der Waals surface area contributed by atoms with Gasteiger partial charge in [-0.05, 0) is 19.1 Å². The monoisotopic (exact) mass is 381 g/mol. The van der Waals surface area contributed by atoms with Crippen molar-refractivity contribution in [3.05, 3.63) is 18.2 Å². The third kappa shape index (κ3) is 3.46. The summed E-state index contributed by atoms with van der Waals surface area (Å²) in [6.07, 6.45) is 0.268. The van der Waals surface area contributed by atoms with Gasteiger partial charge in [-0.1, -0.05) is 0 Å². The second-order valence-corrected chi connectivity index (χ2v) is 6.82. The molecule has 0 aliphatic carbocycles. The van der Waals surface area contributed by atoms with Crippen LogP contribution in [0.1, 0.15) is 13.3 Å². The quantitative estimate of drug-likeness (QED) is 0.829. The van der Waals surface area contributed by atoms with E-state index in [1.54, 1.807) is 4.90 Å². The van der Waals surface area contributed by atoms with E-state index in [4.69, 9.17) is 9.47 Å². The molecule has 2 amide bonds. The van der Waals surface area contributed by atoms with E-state index in [2.05, 4.69) is 5.32 Å². The van der Waals surface area contributed by atoms with Crippen molar-refractivity contribution in [2.75, 3.05) is 44.3 Å². The van der Waals surface area contributed by atoms with Gasteiger partial charge in [0.15, 0.2) is 11.5 Å². The second-order valence-electron chi connectivity index (χ2n) is 6.82. The summed E-state index contributed by atoms with van der Waals surface area (Å²) in [4.78, 5) is 28.9. The fraction of sp³-hybridized carbons (Fsp3) is 0.556. The van der Waals surface area contributed by atoms with Crippen molar-refractivity contribution in [3.8, 4) is 11.5 Å². The molecule has 3 aliphatic heterocycles. The number of benzene rings is 1. The number of rotatable bonds is 2. The van der Waals surface area contributed by atoms with Gasteiger partial charge in [-0.2, -0.15) is 0 Å². The van der Waals surface area contributed by atoms with E-state index in [1.165, 1.54) is 0 Å². The Kier molecular flexibility index (Phi) is 5.58. The zero-order valence-corrected chi connectivity index (χ0v) is 15.6. The van der Waals surface area contributed by atoms with Gasteiger partial charge in [0.1, 0.15) is 13.2 Å². The highest BCUT2D eigenvalue weighted by atomic mass is 35.5. The minimum Gasteiger partial charge on any atom is -0.486 e. The van der Waals surface area contributed by atoms with Crippen LogP contribution in [-0.2, 0) is 9.59 Å². The van der Waals surface area contributed by atoms with Crippen molar-refractivity contribution in [3.63, 3.8) is 0 Å². The molecule has 8 heteroatoms. The number of hydrogen-bond donors (Lipinski definition) is 1. The maximum absolute atomic E-state index is 12.8. The lowest BCUT2D eigenvalue weighted by molar-refractivity contribution is -0.138. The first-order chi connectivity index (χ1) is 12.1. The van der Waals surface area contributed by atoms with Crippen LogP contribution in [0.2, 0.25) is 0 Å². The van der Waals surface area contributed by atoms with Crippen LogP contribution < -0.4 is 19.7 Å². The molecule has 1 aromatic carbocycles. The van der Waals surface area contributed by atoms with E-state index in [0.29, 0.717) is 37.8 Å². The normalized spacial score (nSPS) is 25.0. The minimum absolute atomic E-state index is 0. The van der Waals surface area contributed by atoms with Gasteiger partial charge in [-0.25, -0.2) is 0 Å². The predicted molar refractivity (Wildman–Crippen MR) is 99.2 cm³/mol. The van der Waals surface area contributed by atoms with Crippen LogP contribution in [0.3, 0.4) is 0 Å². The Hall–Kier alpha value is -1.99. The van der Waals surface area contributed by atoms with Crippen LogP contribution in [0.25, 0.3) is 0 Å². The molecule has 0 spiro atoms. The van der Waals surface area contributed by atoms with Gasteiger partial charge >= 0.3 is 0 Å². The number of piperazine rings is 1. The molecule has 2 saturated heterocycles. The van der Waals surface area contributed by atoms with Crippen molar-refractivity contribution >= 4 is 29.9 Å². The Morgan fingerprint density at radius 3 is 2.77 bits per heavy atom. The topological polar surface area (TPSA) is 71.1 Å². The Labute approximate surface area is 159 Å². The van der Waals surface area contributed by atoms with Gasteiger partial charge in [0, 0.05) is 50.4 Å². The fourth-order valence-corrected chi connectivity index (χ4v) is 3.73. The summed E-state index contributed by atoms with van der Waals surface area (Å²) in [5.74, 6) is 1.15. The molecular weight excluding hydrogens is 358 g/mol. The molecule has 2 atom stereocenters.